The van der Waals surface area contributed by atoms with E-state index in [4.69, 9.17) is 0 Å². The first-order chi connectivity index (χ1) is 11.9. The van der Waals surface area contributed by atoms with Crippen molar-refractivity contribution in [2.45, 2.75) is 46.1 Å². The summed E-state index contributed by atoms with van der Waals surface area (Å²) in [5, 5.41) is 12.7. The van der Waals surface area contributed by atoms with Crippen molar-refractivity contribution in [3.63, 3.8) is 0 Å². The average molecular weight is 407 g/mol. The largest absolute Gasteiger partial charge is 0.347 e. The number of anilines is 1. The number of carbonyl (C=O) groups excluding carboxylic acids is 2. The van der Waals surface area contributed by atoms with Crippen LogP contribution >= 0.6 is 15.9 Å². The van der Waals surface area contributed by atoms with Gasteiger partial charge < -0.3 is 10.6 Å². The Hall–Kier alpha value is -2.15. The Balaban J connectivity index is 1.99. The fourth-order valence-electron chi connectivity index (χ4n) is 2.35. The van der Waals surface area contributed by atoms with Crippen molar-refractivity contribution in [3.05, 3.63) is 45.7 Å². The highest BCUT2D eigenvalue weighted by atomic mass is 79.9. The maximum Gasteiger partial charge on any atom is 0.273 e. The minimum Gasteiger partial charge on any atom is -0.347 e. The summed E-state index contributed by atoms with van der Waals surface area (Å²) in [5.41, 5.74) is 2.87. The predicted octanol–water partition coefficient (Wildman–Crippen LogP) is 3.96. The maximum absolute atomic E-state index is 12.3. The molecule has 2 aromatic rings. The van der Waals surface area contributed by atoms with E-state index in [1.54, 1.807) is 0 Å². The monoisotopic (exact) mass is 406 g/mol. The molecule has 25 heavy (non-hydrogen) atoms. The number of nitrogens with zero attached hydrogens (tertiary/aromatic N) is 1. The van der Waals surface area contributed by atoms with Crippen LogP contribution in [0.4, 0.5) is 5.69 Å². The highest BCUT2D eigenvalue weighted by Crippen LogP contribution is 2.25. The van der Waals surface area contributed by atoms with Crippen LogP contribution in [-0.2, 0) is 11.3 Å². The molecule has 2 amide bonds. The van der Waals surface area contributed by atoms with Gasteiger partial charge in [0.25, 0.3) is 5.91 Å². The van der Waals surface area contributed by atoms with E-state index >= 15 is 0 Å². The van der Waals surface area contributed by atoms with Gasteiger partial charge in [-0.25, -0.2) is 0 Å². The second kappa shape index (κ2) is 8.80. The topological polar surface area (TPSA) is 86.9 Å². The number of carbonyl (C=O) groups is 2. The highest BCUT2D eigenvalue weighted by Gasteiger charge is 2.19. The summed E-state index contributed by atoms with van der Waals surface area (Å²) in [6.07, 6.45) is 1.30. The lowest BCUT2D eigenvalue weighted by Gasteiger charge is -2.08. The molecule has 0 aliphatic heterocycles. The molecule has 0 spiro atoms. The summed E-state index contributed by atoms with van der Waals surface area (Å²) in [4.78, 5) is 24.0. The molecule has 0 aliphatic rings. The van der Waals surface area contributed by atoms with Crippen LogP contribution in [-0.4, -0.2) is 22.0 Å². The molecule has 2 rings (SSSR count). The minimum absolute atomic E-state index is 0.00893. The Morgan fingerprint density at radius 3 is 2.72 bits per heavy atom. The number of rotatable bonds is 7. The second-order valence-corrected chi connectivity index (χ2v) is 6.93. The molecule has 1 aromatic carbocycles. The number of hydrogen-bond acceptors (Lipinski definition) is 3. The van der Waals surface area contributed by atoms with Crippen molar-refractivity contribution in [1.29, 1.82) is 0 Å². The third-order valence-electron chi connectivity index (χ3n) is 3.67. The third kappa shape index (κ3) is 5.16. The molecule has 1 aromatic heterocycles. The molecule has 0 saturated carbocycles. The number of hydrogen-bond donors (Lipinski definition) is 3. The van der Waals surface area contributed by atoms with Gasteiger partial charge in [-0.3, -0.25) is 14.7 Å². The summed E-state index contributed by atoms with van der Waals surface area (Å²) >= 11 is 3.43. The molecule has 0 atom stereocenters. The molecule has 0 saturated heterocycles. The zero-order valence-corrected chi connectivity index (χ0v) is 16.2. The van der Waals surface area contributed by atoms with Gasteiger partial charge >= 0.3 is 0 Å². The highest BCUT2D eigenvalue weighted by molar-refractivity contribution is 9.10. The van der Waals surface area contributed by atoms with Crippen LogP contribution in [0.3, 0.4) is 0 Å². The van der Waals surface area contributed by atoms with Gasteiger partial charge in [-0.05, 0) is 46.0 Å². The zero-order chi connectivity index (χ0) is 18.4. The molecule has 0 unspecified atom stereocenters. The molecular weight excluding hydrogens is 384 g/mol. The molecule has 1 heterocycles. The molecule has 0 bridgehead atoms. The number of nitrogens with one attached hydrogen (secondary N) is 3. The fraction of sp³-hybridized carbons (Fsp3) is 0.389. The van der Waals surface area contributed by atoms with Crippen molar-refractivity contribution in [1.82, 2.24) is 15.5 Å². The molecule has 6 nitrogen and oxygen atoms in total. The first-order valence-corrected chi connectivity index (χ1v) is 9.12. The normalized spacial score (nSPS) is 10.8. The van der Waals surface area contributed by atoms with Crippen LogP contribution in [0.2, 0.25) is 0 Å². The van der Waals surface area contributed by atoms with Gasteiger partial charge in [-0.15, -0.1) is 0 Å². The van der Waals surface area contributed by atoms with E-state index in [-0.39, 0.29) is 17.7 Å². The van der Waals surface area contributed by atoms with E-state index in [9.17, 15) is 9.59 Å². The van der Waals surface area contributed by atoms with Crippen LogP contribution in [0.5, 0.6) is 0 Å². The van der Waals surface area contributed by atoms with Gasteiger partial charge in [-0.2, -0.15) is 5.10 Å². The Kier molecular flexibility index (Phi) is 6.75. The first-order valence-electron chi connectivity index (χ1n) is 8.33. The summed E-state index contributed by atoms with van der Waals surface area (Å²) < 4.78 is 0.695. The molecule has 0 aliphatic carbocycles. The second-order valence-electron chi connectivity index (χ2n) is 6.14. The molecule has 7 heteroatoms. The van der Waals surface area contributed by atoms with Gasteiger partial charge in [0.1, 0.15) is 0 Å². The lowest BCUT2D eigenvalue weighted by atomic mass is 10.1. The van der Waals surface area contributed by atoms with Crippen LogP contribution in [0.25, 0.3) is 0 Å². The van der Waals surface area contributed by atoms with Crippen molar-refractivity contribution >= 4 is 33.4 Å². The van der Waals surface area contributed by atoms with Crippen LogP contribution in [0.15, 0.2) is 28.7 Å². The van der Waals surface area contributed by atoms with Gasteiger partial charge in [-0.1, -0.05) is 32.9 Å². The van der Waals surface area contributed by atoms with E-state index in [1.807, 2.05) is 45.0 Å². The maximum atomic E-state index is 12.3. The molecule has 3 N–H and O–H groups in total. The van der Waals surface area contributed by atoms with Crippen molar-refractivity contribution < 1.29 is 9.59 Å². The summed E-state index contributed by atoms with van der Waals surface area (Å²) in [7, 11) is 0. The number of aromatic amines is 1. The van der Waals surface area contributed by atoms with Crippen LogP contribution in [0, 0.1) is 0 Å². The van der Waals surface area contributed by atoms with E-state index in [0.29, 0.717) is 23.1 Å². The van der Waals surface area contributed by atoms with Gasteiger partial charge in [0.2, 0.25) is 5.91 Å². The van der Waals surface area contributed by atoms with Crippen molar-refractivity contribution in [3.8, 4) is 0 Å². The minimum atomic E-state index is -0.254. The van der Waals surface area contributed by atoms with E-state index in [0.717, 1.165) is 23.4 Å². The zero-order valence-electron chi connectivity index (χ0n) is 14.6. The quantitative estimate of drug-likeness (QED) is 0.649. The van der Waals surface area contributed by atoms with Gasteiger partial charge in [0, 0.05) is 18.7 Å². The van der Waals surface area contributed by atoms with Gasteiger partial charge in [0.05, 0.1) is 10.2 Å². The summed E-state index contributed by atoms with van der Waals surface area (Å²) in [6.45, 7) is 6.37. The SMILES string of the molecule is CCCC(=O)Nc1cccc(CNC(=O)c2n[nH]c(C(C)C)c2Br)c1. The summed E-state index contributed by atoms with van der Waals surface area (Å²) in [5.74, 6) is -0.0207. The number of H-pyrrole nitrogens is 1. The molecular formula is C18H23BrN4O2. The number of halogens is 1. The molecule has 0 fully saturated rings. The van der Waals surface area contributed by atoms with E-state index in [2.05, 4.69) is 36.8 Å². The Morgan fingerprint density at radius 2 is 2.08 bits per heavy atom. The summed E-state index contributed by atoms with van der Waals surface area (Å²) in [6, 6.07) is 7.43. The fourth-order valence-corrected chi connectivity index (χ4v) is 3.17. The van der Waals surface area contributed by atoms with Crippen LogP contribution in [0.1, 0.15) is 61.3 Å². The molecule has 0 radical (unpaired) electrons. The van der Waals surface area contributed by atoms with E-state index < -0.39 is 0 Å². The van der Waals surface area contributed by atoms with Crippen LogP contribution < -0.4 is 10.6 Å². The Morgan fingerprint density at radius 1 is 1.32 bits per heavy atom. The van der Waals surface area contributed by atoms with Crippen molar-refractivity contribution in [2.24, 2.45) is 0 Å². The Bertz CT molecular complexity index is 755. The predicted molar refractivity (Wildman–Crippen MR) is 102 cm³/mol. The number of benzene rings is 1. The first kappa shape index (κ1) is 19.2. The van der Waals surface area contributed by atoms with Crippen molar-refractivity contribution in [2.75, 3.05) is 5.32 Å². The third-order valence-corrected chi connectivity index (χ3v) is 4.47. The smallest absolute Gasteiger partial charge is 0.273 e. The standard InChI is InChI=1S/C18H23BrN4O2/c1-4-6-14(24)21-13-8-5-7-12(9-13)10-20-18(25)17-15(19)16(11(2)3)22-23-17/h5,7-9,11H,4,6,10H2,1-3H3,(H,20,25)(H,21,24)(H,22,23). The number of amides is 2. The lowest BCUT2D eigenvalue weighted by molar-refractivity contribution is -0.116. The lowest BCUT2D eigenvalue weighted by Crippen LogP contribution is -2.23. The Labute approximate surface area is 155 Å². The average Bonchev–Trinajstić information content (AvgIpc) is 2.95. The number of aromatic nitrogens is 2. The van der Waals surface area contributed by atoms with E-state index in [1.165, 1.54) is 0 Å². The van der Waals surface area contributed by atoms with Gasteiger partial charge in [0.15, 0.2) is 5.69 Å². The molecule has 134 valence electrons.